The molecule has 0 saturated carbocycles. The van der Waals surface area contributed by atoms with Crippen molar-refractivity contribution in [2.75, 3.05) is 0 Å². The Hall–Kier alpha value is -1.06. The van der Waals surface area contributed by atoms with Gasteiger partial charge in [-0.15, -0.1) is 0 Å². The van der Waals surface area contributed by atoms with Gasteiger partial charge in [-0.3, -0.25) is 4.98 Å². The van der Waals surface area contributed by atoms with E-state index in [2.05, 4.69) is 4.98 Å². The molecule has 0 aliphatic carbocycles. The average Bonchev–Trinajstić information content (AvgIpc) is 2.14. The number of halogens is 3. The number of alkyl halides is 3. The van der Waals surface area contributed by atoms with Crippen molar-refractivity contribution in [1.82, 2.24) is 4.98 Å². The van der Waals surface area contributed by atoms with Crippen molar-refractivity contribution in [3.8, 4) is 0 Å². The fraction of sp³-hybridized carbons (Fsp3) is 0.583. The van der Waals surface area contributed by atoms with E-state index in [9.17, 15) is 13.2 Å². The van der Waals surface area contributed by atoms with Crippen LogP contribution in [0, 0.1) is 0 Å². The zero-order chi connectivity index (χ0) is 12.5. The third-order valence-corrected chi connectivity index (χ3v) is 2.52. The Kier molecular flexibility index (Phi) is 3.61. The van der Waals surface area contributed by atoms with E-state index in [4.69, 9.17) is 0 Å². The van der Waals surface area contributed by atoms with Crippen molar-refractivity contribution < 1.29 is 13.2 Å². The maximum Gasteiger partial charge on any atom is 0.418 e. The fourth-order valence-electron chi connectivity index (χ4n) is 1.82. The van der Waals surface area contributed by atoms with Crippen LogP contribution in [-0.4, -0.2) is 4.98 Å². The Bertz CT molecular complexity index is 367. The molecule has 0 aliphatic rings. The van der Waals surface area contributed by atoms with Gasteiger partial charge >= 0.3 is 6.18 Å². The van der Waals surface area contributed by atoms with Crippen LogP contribution in [0.1, 0.15) is 56.2 Å². The third-order valence-electron chi connectivity index (χ3n) is 2.52. The first-order valence-electron chi connectivity index (χ1n) is 5.30. The highest BCUT2D eigenvalue weighted by Gasteiger charge is 2.35. The van der Waals surface area contributed by atoms with Gasteiger partial charge in [0, 0.05) is 12.4 Å². The summed E-state index contributed by atoms with van der Waals surface area (Å²) in [6.07, 6.45) is -1.87. The molecule has 1 nitrogen and oxygen atoms in total. The van der Waals surface area contributed by atoms with Gasteiger partial charge in [0.2, 0.25) is 0 Å². The second-order valence-corrected chi connectivity index (χ2v) is 4.50. The lowest BCUT2D eigenvalue weighted by Crippen LogP contribution is -2.14. The summed E-state index contributed by atoms with van der Waals surface area (Å²) < 4.78 is 38.4. The zero-order valence-electron chi connectivity index (χ0n) is 9.89. The molecule has 0 N–H and O–H groups in total. The summed E-state index contributed by atoms with van der Waals surface area (Å²) in [6.45, 7) is 7.30. The second kappa shape index (κ2) is 4.44. The van der Waals surface area contributed by atoms with Crippen molar-refractivity contribution in [1.29, 1.82) is 0 Å². The first kappa shape index (κ1) is 13.0. The topological polar surface area (TPSA) is 12.9 Å². The summed E-state index contributed by atoms with van der Waals surface area (Å²) in [4.78, 5) is 3.70. The molecule has 0 bridgehead atoms. The van der Waals surface area contributed by atoms with E-state index in [1.165, 1.54) is 6.20 Å². The molecule has 0 atom stereocenters. The van der Waals surface area contributed by atoms with Crippen LogP contribution in [0.25, 0.3) is 0 Å². The van der Waals surface area contributed by atoms with Gasteiger partial charge in [-0.05, 0) is 23.0 Å². The van der Waals surface area contributed by atoms with Gasteiger partial charge in [0.25, 0.3) is 0 Å². The lowest BCUT2D eigenvalue weighted by molar-refractivity contribution is -0.138. The number of rotatable bonds is 2. The molecule has 1 heterocycles. The van der Waals surface area contributed by atoms with E-state index < -0.39 is 11.7 Å². The minimum Gasteiger partial charge on any atom is -0.264 e. The molecule has 0 aliphatic heterocycles. The third kappa shape index (κ3) is 2.54. The van der Waals surface area contributed by atoms with E-state index in [1.54, 1.807) is 13.8 Å². The lowest BCUT2D eigenvalue weighted by atomic mass is 9.89. The molecule has 0 unspecified atom stereocenters. The smallest absolute Gasteiger partial charge is 0.264 e. The van der Waals surface area contributed by atoms with Gasteiger partial charge in [-0.2, -0.15) is 13.2 Å². The maximum absolute atomic E-state index is 12.8. The Morgan fingerprint density at radius 2 is 1.56 bits per heavy atom. The number of pyridine rings is 1. The van der Waals surface area contributed by atoms with Crippen LogP contribution in [0.3, 0.4) is 0 Å². The first-order chi connectivity index (χ1) is 7.25. The Morgan fingerprint density at radius 3 is 1.94 bits per heavy atom. The monoisotopic (exact) mass is 231 g/mol. The second-order valence-electron chi connectivity index (χ2n) is 4.50. The molecule has 4 heteroatoms. The van der Waals surface area contributed by atoms with Gasteiger partial charge < -0.3 is 0 Å². The van der Waals surface area contributed by atoms with E-state index in [0.717, 1.165) is 6.20 Å². The minimum atomic E-state index is -4.32. The normalized spacial score (nSPS) is 12.6. The summed E-state index contributed by atoms with van der Waals surface area (Å²) in [6, 6.07) is 0. The highest BCUT2D eigenvalue weighted by molar-refractivity contribution is 5.38. The molecule has 0 aromatic carbocycles. The Morgan fingerprint density at radius 1 is 1.00 bits per heavy atom. The highest BCUT2D eigenvalue weighted by Crippen LogP contribution is 2.38. The molecule has 90 valence electrons. The molecular weight excluding hydrogens is 215 g/mol. The zero-order valence-corrected chi connectivity index (χ0v) is 9.89. The van der Waals surface area contributed by atoms with Gasteiger partial charge in [0.05, 0.1) is 5.56 Å². The Balaban J connectivity index is 3.45. The number of aromatic nitrogens is 1. The van der Waals surface area contributed by atoms with E-state index in [-0.39, 0.29) is 11.8 Å². The molecular formula is C12H16F3N. The van der Waals surface area contributed by atoms with Crippen molar-refractivity contribution >= 4 is 0 Å². The van der Waals surface area contributed by atoms with Gasteiger partial charge in [0.15, 0.2) is 0 Å². The molecule has 0 saturated heterocycles. The molecule has 1 aromatic rings. The van der Waals surface area contributed by atoms with E-state index in [0.29, 0.717) is 11.1 Å². The molecule has 1 rings (SSSR count). The Labute approximate surface area is 93.7 Å². The van der Waals surface area contributed by atoms with Gasteiger partial charge in [0.1, 0.15) is 0 Å². The van der Waals surface area contributed by atoms with Crippen molar-refractivity contribution in [3.05, 3.63) is 29.1 Å². The molecule has 1 aromatic heterocycles. The summed E-state index contributed by atoms with van der Waals surface area (Å²) in [5.74, 6) is -0.107. The summed E-state index contributed by atoms with van der Waals surface area (Å²) in [7, 11) is 0. The molecule has 0 radical (unpaired) electrons. The predicted molar refractivity (Wildman–Crippen MR) is 57.4 cm³/mol. The minimum absolute atomic E-state index is 0.0483. The van der Waals surface area contributed by atoms with E-state index in [1.807, 2.05) is 13.8 Å². The van der Waals surface area contributed by atoms with Crippen molar-refractivity contribution in [3.63, 3.8) is 0 Å². The van der Waals surface area contributed by atoms with Crippen LogP contribution >= 0.6 is 0 Å². The summed E-state index contributed by atoms with van der Waals surface area (Å²) in [5.41, 5.74) is 0.455. The van der Waals surface area contributed by atoms with Crippen LogP contribution in [-0.2, 0) is 6.18 Å². The van der Waals surface area contributed by atoms with Crippen molar-refractivity contribution in [2.24, 2.45) is 0 Å². The highest BCUT2D eigenvalue weighted by atomic mass is 19.4. The summed E-state index contributed by atoms with van der Waals surface area (Å²) in [5, 5.41) is 0. The predicted octanol–water partition coefficient (Wildman–Crippen LogP) is 4.35. The van der Waals surface area contributed by atoms with Crippen LogP contribution in [0.15, 0.2) is 12.4 Å². The van der Waals surface area contributed by atoms with Gasteiger partial charge in [-0.25, -0.2) is 0 Å². The molecule has 16 heavy (non-hydrogen) atoms. The quantitative estimate of drug-likeness (QED) is 0.737. The van der Waals surface area contributed by atoms with Gasteiger partial charge in [-0.1, -0.05) is 27.7 Å². The molecule has 0 spiro atoms. The maximum atomic E-state index is 12.8. The van der Waals surface area contributed by atoms with Crippen LogP contribution < -0.4 is 0 Å². The molecule has 0 amide bonds. The van der Waals surface area contributed by atoms with Crippen LogP contribution in [0.5, 0.6) is 0 Å². The average molecular weight is 231 g/mol. The fourth-order valence-corrected chi connectivity index (χ4v) is 1.82. The first-order valence-corrected chi connectivity index (χ1v) is 5.30. The van der Waals surface area contributed by atoms with Crippen LogP contribution in [0.2, 0.25) is 0 Å². The van der Waals surface area contributed by atoms with E-state index >= 15 is 0 Å². The number of nitrogens with zero attached hydrogens (tertiary/aromatic N) is 1. The van der Waals surface area contributed by atoms with Crippen molar-refractivity contribution in [2.45, 2.75) is 45.7 Å². The number of hydrogen-bond acceptors (Lipinski definition) is 1. The standard InChI is InChI=1S/C12H16F3N/c1-7(2)9-5-16-6-10(12(13,14)15)11(9)8(3)4/h5-8H,1-4H3. The SMILES string of the molecule is CC(C)c1cncc(C(F)(F)F)c1C(C)C. The largest absolute Gasteiger partial charge is 0.418 e. The molecule has 0 fully saturated rings. The summed E-state index contributed by atoms with van der Waals surface area (Å²) >= 11 is 0. The number of hydrogen-bond donors (Lipinski definition) is 0. The lowest BCUT2D eigenvalue weighted by Gasteiger charge is -2.20. The van der Waals surface area contributed by atoms with Crippen LogP contribution in [0.4, 0.5) is 13.2 Å².